The number of nitrogens with one attached hydrogen (secondary N) is 1. The topological polar surface area (TPSA) is 62.2 Å². The summed E-state index contributed by atoms with van der Waals surface area (Å²) in [6, 6.07) is 9.45. The van der Waals surface area contributed by atoms with Crippen molar-refractivity contribution in [2.75, 3.05) is 6.54 Å². The van der Waals surface area contributed by atoms with Crippen LogP contribution in [0.4, 0.5) is 0 Å². The van der Waals surface area contributed by atoms with Gasteiger partial charge < -0.3 is 10.4 Å². The van der Waals surface area contributed by atoms with E-state index in [1.807, 2.05) is 35.7 Å². The number of hydrogen-bond donors (Lipinski definition) is 2. The van der Waals surface area contributed by atoms with Gasteiger partial charge in [0.2, 0.25) is 0 Å². The first kappa shape index (κ1) is 13.5. The maximum absolute atomic E-state index is 11.1. The lowest BCUT2D eigenvalue weighted by molar-refractivity contribution is -0.132. The van der Waals surface area contributed by atoms with Gasteiger partial charge in [-0.2, -0.15) is 0 Å². The number of carbonyl (C=O) groups is 1. The number of hydrogen-bond acceptors (Lipinski definition) is 4. The third kappa shape index (κ3) is 4.31. The van der Waals surface area contributed by atoms with Gasteiger partial charge in [-0.25, -0.2) is 4.79 Å². The molecule has 2 aromatic rings. The van der Waals surface area contributed by atoms with Gasteiger partial charge in [-0.05, 0) is 29.7 Å². The van der Waals surface area contributed by atoms with E-state index in [0.717, 1.165) is 10.6 Å². The number of aliphatic carboxylic acids is 1. The summed E-state index contributed by atoms with van der Waals surface area (Å²) < 4.78 is 0. The Morgan fingerprint density at radius 2 is 2.26 bits per heavy atom. The quantitative estimate of drug-likeness (QED) is 0.794. The van der Waals surface area contributed by atoms with Crippen LogP contribution in [0.25, 0.3) is 6.08 Å². The molecule has 2 N–H and O–H groups in total. The Labute approximate surface area is 115 Å². The highest BCUT2D eigenvalue weighted by atomic mass is 32.1. The molecule has 0 aromatic carbocycles. The van der Waals surface area contributed by atoms with E-state index in [1.165, 1.54) is 11.3 Å². The molecule has 5 heteroatoms. The molecule has 2 heterocycles. The first-order chi connectivity index (χ1) is 9.25. The number of carboxylic acid groups (broad SMARTS) is 1. The Kier molecular flexibility index (Phi) is 4.83. The highest BCUT2D eigenvalue weighted by Gasteiger charge is 2.07. The average molecular weight is 274 g/mol. The van der Waals surface area contributed by atoms with E-state index in [1.54, 1.807) is 12.3 Å². The van der Waals surface area contributed by atoms with Crippen LogP contribution in [0.1, 0.15) is 10.6 Å². The molecule has 98 valence electrons. The van der Waals surface area contributed by atoms with Crippen LogP contribution >= 0.6 is 11.3 Å². The lowest BCUT2D eigenvalue weighted by Crippen LogP contribution is -2.20. The fourth-order valence-electron chi connectivity index (χ4n) is 1.56. The molecule has 2 aromatic heterocycles. The average Bonchev–Trinajstić information content (AvgIpc) is 2.91. The van der Waals surface area contributed by atoms with Crippen molar-refractivity contribution in [3.8, 4) is 0 Å². The third-order valence-electron chi connectivity index (χ3n) is 2.48. The second kappa shape index (κ2) is 6.82. The molecule has 0 aliphatic carbocycles. The van der Waals surface area contributed by atoms with Gasteiger partial charge in [0.25, 0.3) is 0 Å². The molecular weight excluding hydrogens is 260 g/mol. The van der Waals surface area contributed by atoms with E-state index < -0.39 is 5.97 Å². The summed E-state index contributed by atoms with van der Waals surface area (Å²) >= 11 is 1.52. The normalized spacial score (nSPS) is 11.5. The number of thiophene rings is 1. The Bertz CT molecular complexity index is 550. The highest BCUT2D eigenvalue weighted by molar-refractivity contribution is 7.10. The molecule has 0 spiro atoms. The Morgan fingerprint density at radius 3 is 2.89 bits per heavy atom. The van der Waals surface area contributed by atoms with Crippen molar-refractivity contribution in [2.24, 2.45) is 0 Å². The van der Waals surface area contributed by atoms with Crippen LogP contribution in [0.15, 0.2) is 47.5 Å². The van der Waals surface area contributed by atoms with E-state index in [9.17, 15) is 4.79 Å². The zero-order valence-corrected chi connectivity index (χ0v) is 11.1. The number of carboxylic acids is 1. The maximum Gasteiger partial charge on any atom is 0.332 e. The van der Waals surface area contributed by atoms with Crippen LogP contribution in [0.2, 0.25) is 0 Å². The fourth-order valence-corrected chi connectivity index (χ4v) is 2.24. The smallest absolute Gasteiger partial charge is 0.332 e. The van der Waals surface area contributed by atoms with Gasteiger partial charge in [-0.1, -0.05) is 12.1 Å². The van der Waals surface area contributed by atoms with Gasteiger partial charge in [-0.15, -0.1) is 11.3 Å². The number of pyridine rings is 1. The SMILES string of the molecule is O=C(O)C(=Cc1cccs1)CNCc1ccccn1. The van der Waals surface area contributed by atoms with Gasteiger partial charge >= 0.3 is 5.97 Å². The second-order valence-electron chi connectivity index (χ2n) is 3.91. The molecule has 4 nitrogen and oxygen atoms in total. The molecule has 0 atom stereocenters. The standard InChI is InChI=1S/C14H14N2O2S/c17-14(18)11(8-13-5-3-7-19-13)9-15-10-12-4-1-2-6-16-12/h1-8,15H,9-10H2,(H,17,18). The minimum Gasteiger partial charge on any atom is -0.478 e. The summed E-state index contributed by atoms with van der Waals surface area (Å²) in [5.41, 5.74) is 1.24. The molecule has 0 radical (unpaired) electrons. The zero-order valence-electron chi connectivity index (χ0n) is 10.2. The Balaban J connectivity index is 1.93. The molecule has 2 rings (SSSR count). The molecule has 0 amide bonds. The van der Waals surface area contributed by atoms with Crippen LogP contribution in [-0.2, 0) is 11.3 Å². The Morgan fingerprint density at radius 1 is 1.37 bits per heavy atom. The van der Waals surface area contributed by atoms with E-state index >= 15 is 0 Å². The molecule has 0 bridgehead atoms. The first-order valence-corrected chi connectivity index (χ1v) is 6.71. The zero-order chi connectivity index (χ0) is 13.5. The molecule has 0 aliphatic rings. The predicted octanol–water partition coefficient (Wildman–Crippen LogP) is 2.40. The van der Waals surface area contributed by atoms with Crippen molar-refractivity contribution in [1.29, 1.82) is 0 Å². The van der Waals surface area contributed by atoms with Crippen molar-refractivity contribution >= 4 is 23.4 Å². The molecular formula is C14H14N2O2S. The molecule has 0 saturated carbocycles. The summed E-state index contributed by atoms with van der Waals surface area (Å²) in [7, 11) is 0. The van der Waals surface area contributed by atoms with Crippen LogP contribution in [0, 0.1) is 0 Å². The lowest BCUT2D eigenvalue weighted by atomic mass is 10.2. The number of rotatable bonds is 6. The summed E-state index contributed by atoms with van der Waals surface area (Å²) in [5.74, 6) is -0.901. The number of aromatic nitrogens is 1. The minimum absolute atomic E-state index is 0.309. The van der Waals surface area contributed by atoms with Gasteiger partial charge in [0, 0.05) is 24.2 Å². The summed E-state index contributed by atoms with van der Waals surface area (Å²) in [5, 5.41) is 14.2. The van der Waals surface area contributed by atoms with Crippen LogP contribution in [0.5, 0.6) is 0 Å². The van der Waals surface area contributed by atoms with Crippen molar-refractivity contribution in [2.45, 2.75) is 6.54 Å². The van der Waals surface area contributed by atoms with Crippen molar-refractivity contribution in [3.05, 3.63) is 58.1 Å². The molecule has 0 saturated heterocycles. The van der Waals surface area contributed by atoms with E-state index in [2.05, 4.69) is 10.3 Å². The van der Waals surface area contributed by atoms with Crippen molar-refractivity contribution < 1.29 is 9.90 Å². The number of nitrogens with zero attached hydrogens (tertiary/aromatic N) is 1. The minimum atomic E-state index is -0.901. The molecule has 0 aliphatic heterocycles. The largest absolute Gasteiger partial charge is 0.478 e. The highest BCUT2D eigenvalue weighted by Crippen LogP contribution is 2.13. The van der Waals surface area contributed by atoms with Crippen LogP contribution in [-0.4, -0.2) is 22.6 Å². The van der Waals surface area contributed by atoms with Gasteiger partial charge in [-0.3, -0.25) is 4.98 Å². The molecule has 0 fully saturated rings. The van der Waals surface area contributed by atoms with Crippen molar-refractivity contribution in [3.63, 3.8) is 0 Å². The summed E-state index contributed by atoms with van der Waals surface area (Å²) in [6.07, 6.45) is 3.41. The predicted molar refractivity (Wildman–Crippen MR) is 75.9 cm³/mol. The maximum atomic E-state index is 11.1. The summed E-state index contributed by atoms with van der Waals surface area (Å²) in [6.45, 7) is 0.861. The Hall–Kier alpha value is -1.98. The van der Waals surface area contributed by atoms with E-state index in [0.29, 0.717) is 18.7 Å². The van der Waals surface area contributed by atoms with Crippen LogP contribution < -0.4 is 5.32 Å². The summed E-state index contributed by atoms with van der Waals surface area (Å²) in [4.78, 5) is 16.3. The lowest BCUT2D eigenvalue weighted by Gasteiger charge is -2.05. The van der Waals surface area contributed by atoms with Gasteiger partial charge in [0.15, 0.2) is 0 Å². The monoisotopic (exact) mass is 274 g/mol. The van der Waals surface area contributed by atoms with E-state index in [4.69, 9.17) is 5.11 Å². The fraction of sp³-hybridized carbons (Fsp3) is 0.143. The molecule has 19 heavy (non-hydrogen) atoms. The van der Waals surface area contributed by atoms with E-state index in [-0.39, 0.29) is 0 Å². The molecule has 0 unspecified atom stereocenters. The van der Waals surface area contributed by atoms with Crippen LogP contribution in [0.3, 0.4) is 0 Å². The van der Waals surface area contributed by atoms with Crippen molar-refractivity contribution in [1.82, 2.24) is 10.3 Å². The van der Waals surface area contributed by atoms with Gasteiger partial charge in [0.05, 0.1) is 11.3 Å². The third-order valence-corrected chi connectivity index (χ3v) is 3.30. The van der Waals surface area contributed by atoms with Gasteiger partial charge in [0.1, 0.15) is 0 Å². The second-order valence-corrected chi connectivity index (χ2v) is 4.89. The first-order valence-electron chi connectivity index (χ1n) is 5.83.